The number of sulfonamides is 1. The van der Waals surface area contributed by atoms with E-state index in [0.717, 1.165) is 0 Å². The van der Waals surface area contributed by atoms with Gasteiger partial charge in [-0.25, -0.2) is 8.42 Å². The molecule has 10 heteroatoms. The first-order valence-electron chi connectivity index (χ1n) is 9.80. The van der Waals surface area contributed by atoms with Gasteiger partial charge in [0.25, 0.3) is 15.9 Å². The summed E-state index contributed by atoms with van der Waals surface area (Å²) in [5.41, 5.74) is 0.659. The molecule has 1 atom stereocenters. The molecule has 0 radical (unpaired) electrons. The molecule has 1 unspecified atom stereocenters. The maximum Gasteiger partial charge on any atom is 0.265 e. The monoisotopic (exact) mass is 490 g/mol. The Kier molecular flexibility index (Phi) is 7.67. The molecule has 3 rings (SSSR count). The number of methoxy groups -OCH3 is 2. The van der Waals surface area contributed by atoms with Crippen molar-refractivity contribution < 1.29 is 27.4 Å². The Hall–Kier alpha value is -3.43. The van der Waals surface area contributed by atoms with Crippen molar-refractivity contribution in [3.8, 4) is 17.2 Å². The van der Waals surface area contributed by atoms with Gasteiger partial charge in [0.2, 0.25) is 0 Å². The van der Waals surface area contributed by atoms with Gasteiger partial charge in [-0.15, -0.1) is 0 Å². The van der Waals surface area contributed by atoms with E-state index in [1.54, 1.807) is 43.3 Å². The first-order valence-corrected chi connectivity index (χ1v) is 11.7. The van der Waals surface area contributed by atoms with Crippen molar-refractivity contribution in [3.05, 3.63) is 71.8 Å². The maximum absolute atomic E-state index is 12.8. The fourth-order valence-corrected chi connectivity index (χ4v) is 4.02. The van der Waals surface area contributed by atoms with Gasteiger partial charge < -0.3 is 19.5 Å². The molecule has 33 heavy (non-hydrogen) atoms. The largest absolute Gasteiger partial charge is 0.497 e. The minimum atomic E-state index is -3.91. The van der Waals surface area contributed by atoms with Gasteiger partial charge in [-0.2, -0.15) is 0 Å². The lowest BCUT2D eigenvalue weighted by molar-refractivity contribution is -0.122. The molecule has 8 nitrogen and oxygen atoms in total. The first-order chi connectivity index (χ1) is 15.7. The second-order valence-corrected chi connectivity index (χ2v) is 9.02. The van der Waals surface area contributed by atoms with E-state index in [4.69, 9.17) is 25.8 Å². The van der Waals surface area contributed by atoms with Crippen LogP contribution in [0, 0.1) is 0 Å². The van der Waals surface area contributed by atoms with Crippen LogP contribution in [0.25, 0.3) is 0 Å². The summed E-state index contributed by atoms with van der Waals surface area (Å²) in [7, 11) is -0.991. The normalized spacial score (nSPS) is 11.9. The molecular formula is C23H23ClN2O6S. The number of hydrogen-bond donors (Lipinski definition) is 2. The van der Waals surface area contributed by atoms with Gasteiger partial charge in [-0.1, -0.05) is 11.6 Å². The van der Waals surface area contributed by atoms with Crippen molar-refractivity contribution in [2.75, 3.05) is 24.3 Å². The van der Waals surface area contributed by atoms with E-state index in [2.05, 4.69) is 10.0 Å². The van der Waals surface area contributed by atoms with Gasteiger partial charge in [0.05, 0.1) is 24.8 Å². The number of nitrogens with one attached hydrogen (secondary N) is 2. The molecule has 1 amide bonds. The molecule has 0 bridgehead atoms. The number of rotatable bonds is 9. The van der Waals surface area contributed by atoms with Gasteiger partial charge in [0, 0.05) is 16.8 Å². The highest BCUT2D eigenvalue weighted by molar-refractivity contribution is 7.92. The summed E-state index contributed by atoms with van der Waals surface area (Å²) in [6.07, 6.45) is -0.781. The lowest BCUT2D eigenvalue weighted by Gasteiger charge is -2.15. The molecule has 174 valence electrons. The van der Waals surface area contributed by atoms with Crippen LogP contribution in [0.4, 0.5) is 11.4 Å². The minimum absolute atomic E-state index is 0.0100. The van der Waals surface area contributed by atoms with E-state index >= 15 is 0 Å². The molecular weight excluding hydrogens is 468 g/mol. The van der Waals surface area contributed by atoms with E-state index in [1.165, 1.54) is 44.6 Å². The first kappa shape index (κ1) is 24.2. The Morgan fingerprint density at radius 3 is 2.15 bits per heavy atom. The number of ether oxygens (including phenoxy) is 3. The number of amides is 1. The molecule has 0 aliphatic rings. The SMILES string of the molecule is COc1ccc(OC)c(NS(=O)(=O)c2ccc(NC(=O)C(C)Oc3ccc(Cl)cc3)cc2)c1. The van der Waals surface area contributed by atoms with Crippen LogP contribution in [-0.4, -0.2) is 34.6 Å². The van der Waals surface area contributed by atoms with Gasteiger partial charge in [0.1, 0.15) is 17.2 Å². The van der Waals surface area contributed by atoms with E-state index in [9.17, 15) is 13.2 Å². The summed E-state index contributed by atoms with van der Waals surface area (Å²) in [5, 5.41) is 3.26. The Labute approximate surface area is 197 Å². The van der Waals surface area contributed by atoms with Crippen LogP contribution in [0.2, 0.25) is 5.02 Å². The molecule has 0 aromatic heterocycles. The second kappa shape index (κ2) is 10.5. The van der Waals surface area contributed by atoms with Crippen molar-refractivity contribution in [3.63, 3.8) is 0 Å². The predicted molar refractivity (Wildman–Crippen MR) is 127 cm³/mol. The number of halogens is 1. The minimum Gasteiger partial charge on any atom is -0.497 e. The number of carbonyl (C=O) groups is 1. The molecule has 0 saturated carbocycles. The van der Waals surface area contributed by atoms with Gasteiger partial charge >= 0.3 is 0 Å². The molecule has 0 heterocycles. The lowest BCUT2D eigenvalue weighted by atomic mass is 10.3. The fraction of sp³-hybridized carbons (Fsp3) is 0.174. The maximum atomic E-state index is 12.8. The van der Waals surface area contributed by atoms with Crippen molar-refractivity contribution in [2.24, 2.45) is 0 Å². The Morgan fingerprint density at radius 1 is 0.909 bits per heavy atom. The van der Waals surface area contributed by atoms with Crippen LogP contribution in [0.15, 0.2) is 71.6 Å². The fourth-order valence-electron chi connectivity index (χ4n) is 2.83. The van der Waals surface area contributed by atoms with E-state index in [-0.39, 0.29) is 16.5 Å². The van der Waals surface area contributed by atoms with Crippen LogP contribution in [0.3, 0.4) is 0 Å². The van der Waals surface area contributed by atoms with Gasteiger partial charge in [-0.05, 0) is 67.6 Å². The quantitative estimate of drug-likeness (QED) is 0.455. The van der Waals surface area contributed by atoms with Crippen molar-refractivity contribution >= 4 is 38.9 Å². The lowest BCUT2D eigenvalue weighted by Crippen LogP contribution is -2.30. The summed E-state index contributed by atoms with van der Waals surface area (Å²) in [6.45, 7) is 1.61. The van der Waals surface area contributed by atoms with E-state index in [0.29, 0.717) is 28.0 Å². The molecule has 2 N–H and O–H groups in total. The Bertz CT molecular complexity index is 1210. The standard InChI is InChI=1S/C23H23ClN2O6S/c1-15(32-18-8-4-16(24)5-9-18)23(27)25-17-6-11-20(12-7-17)33(28,29)26-21-14-19(30-2)10-13-22(21)31-3/h4-15,26H,1-3H3,(H,25,27). The molecule has 0 saturated heterocycles. The Morgan fingerprint density at radius 2 is 1.55 bits per heavy atom. The highest BCUT2D eigenvalue weighted by atomic mass is 35.5. The van der Waals surface area contributed by atoms with Crippen molar-refractivity contribution in [2.45, 2.75) is 17.9 Å². The van der Waals surface area contributed by atoms with Crippen LogP contribution in [0.5, 0.6) is 17.2 Å². The van der Waals surface area contributed by atoms with Crippen molar-refractivity contribution in [1.29, 1.82) is 0 Å². The highest BCUT2D eigenvalue weighted by Crippen LogP contribution is 2.31. The molecule has 0 aliphatic carbocycles. The van der Waals surface area contributed by atoms with Crippen LogP contribution >= 0.6 is 11.6 Å². The van der Waals surface area contributed by atoms with Crippen molar-refractivity contribution in [1.82, 2.24) is 0 Å². The summed E-state index contributed by atoms with van der Waals surface area (Å²) in [4.78, 5) is 12.4. The predicted octanol–water partition coefficient (Wildman–Crippen LogP) is 4.56. The molecule has 3 aromatic rings. The molecule has 3 aromatic carbocycles. The third-order valence-corrected chi connectivity index (χ3v) is 6.21. The topological polar surface area (TPSA) is 103 Å². The third-order valence-electron chi connectivity index (χ3n) is 4.58. The van der Waals surface area contributed by atoms with Gasteiger partial charge in [0.15, 0.2) is 6.10 Å². The van der Waals surface area contributed by atoms with Crippen LogP contribution < -0.4 is 24.2 Å². The average Bonchev–Trinajstić information content (AvgIpc) is 2.80. The summed E-state index contributed by atoms with van der Waals surface area (Å²) >= 11 is 5.84. The van der Waals surface area contributed by atoms with Crippen LogP contribution in [0.1, 0.15) is 6.92 Å². The van der Waals surface area contributed by atoms with E-state index in [1.807, 2.05) is 0 Å². The number of benzene rings is 3. The summed E-state index contributed by atoms with van der Waals surface area (Å²) < 4.78 is 44.1. The van der Waals surface area contributed by atoms with Crippen LogP contribution in [-0.2, 0) is 14.8 Å². The summed E-state index contributed by atoms with van der Waals surface area (Å²) in [5.74, 6) is 0.932. The zero-order valence-electron chi connectivity index (χ0n) is 18.2. The highest BCUT2D eigenvalue weighted by Gasteiger charge is 2.19. The summed E-state index contributed by atoms with van der Waals surface area (Å²) in [6, 6.07) is 17.2. The zero-order valence-corrected chi connectivity index (χ0v) is 19.7. The molecule has 0 aliphatic heterocycles. The second-order valence-electron chi connectivity index (χ2n) is 6.90. The van der Waals surface area contributed by atoms with Gasteiger partial charge in [-0.3, -0.25) is 9.52 Å². The smallest absolute Gasteiger partial charge is 0.265 e. The average molecular weight is 491 g/mol. The number of anilines is 2. The molecule has 0 spiro atoms. The zero-order chi connectivity index (χ0) is 24.0. The third kappa shape index (κ3) is 6.30. The molecule has 0 fully saturated rings. The van der Waals surface area contributed by atoms with E-state index < -0.39 is 16.1 Å². The number of carbonyl (C=O) groups excluding carboxylic acids is 1. The Balaban J connectivity index is 1.67. The number of hydrogen-bond acceptors (Lipinski definition) is 6.